The van der Waals surface area contributed by atoms with Gasteiger partial charge in [0.05, 0.1) is 12.8 Å². The highest BCUT2D eigenvalue weighted by Gasteiger charge is 2.29. The monoisotopic (exact) mass is 319 g/mol. The molecular formula is C12H21N3O5S. The predicted molar refractivity (Wildman–Crippen MR) is 75.1 cm³/mol. The lowest BCUT2D eigenvalue weighted by Crippen LogP contribution is -2.44. The third-order valence-electron chi connectivity index (χ3n) is 3.82. The quantitative estimate of drug-likeness (QED) is 0.717. The SMILES string of the molecule is CS(=O)(=O)N1CCC(C(=O)NCCN2CCOC2=O)CC1. The van der Waals surface area contributed by atoms with Gasteiger partial charge in [-0.05, 0) is 12.8 Å². The molecule has 2 aliphatic rings. The number of hydrogen-bond acceptors (Lipinski definition) is 5. The molecule has 0 aromatic carbocycles. The van der Waals surface area contributed by atoms with Crippen molar-refractivity contribution in [1.82, 2.24) is 14.5 Å². The van der Waals surface area contributed by atoms with E-state index in [0.717, 1.165) is 0 Å². The Kier molecular flexibility index (Phi) is 5.04. The molecule has 0 atom stereocenters. The number of hydrogen-bond donors (Lipinski definition) is 1. The van der Waals surface area contributed by atoms with Crippen LogP contribution in [0, 0.1) is 5.92 Å². The van der Waals surface area contributed by atoms with Crippen LogP contribution in [0.2, 0.25) is 0 Å². The fourth-order valence-corrected chi connectivity index (χ4v) is 3.41. The number of amides is 2. The molecule has 2 aliphatic heterocycles. The van der Waals surface area contributed by atoms with Crippen LogP contribution < -0.4 is 5.32 Å². The van der Waals surface area contributed by atoms with E-state index < -0.39 is 10.0 Å². The molecule has 9 heteroatoms. The summed E-state index contributed by atoms with van der Waals surface area (Å²) < 4.78 is 29.0. The van der Waals surface area contributed by atoms with E-state index in [1.54, 1.807) is 4.90 Å². The van der Waals surface area contributed by atoms with Crippen LogP contribution in [-0.2, 0) is 19.6 Å². The van der Waals surface area contributed by atoms with E-state index in [0.29, 0.717) is 52.2 Å². The molecule has 0 aromatic heterocycles. The highest BCUT2D eigenvalue weighted by molar-refractivity contribution is 7.88. The zero-order chi connectivity index (χ0) is 15.5. The number of rotatable bonds is 5. The maximum Gasteiger partial charge on any atom is 0.409 e. The molecule has 2 fully saturated rings. The molecule has 2 amide bonds. The zero-order valence-electron chi connectivity index (χ0n) is 12.1. The van der Waals surface area contributed by atoms with Gasteiger partial charge in [-0.3, -0.25) is 4.79 Å². The Balaban J connectivity index is 1.69. The van der Waals surface area contributed by atoms with Gasteiger partial charge in [-0.25, -0.2) is 17.5 Å². The summed E-state index contributed by atoms with van der Waals surface area (Å²) in [6.07, 6.45) is 1.91. The van der Waals surface area contributed by atoms with Crippen molar-refractivity contribution in [3.63, 3.8) is 0 Å². The average Bonchev–Trinajstić information content (AvgIpc) is 2.83. The van der Waals surface area contributed by atoms with Crippen molar-refractivity contribution < 1.29 is 22.7 Å². The molecule has 0 bridgehead atoms. The Morgan fingerprint density at radius 2 is 2.00 bits per heavy atom. The number of nitrogens with one attached hydrogen (secondary N) is 1. The molecular weight excluding hydrogens is 298 g/mol. The Bertz CT molecular complexity index is 499. The average molecular weight is 319 g/mol. The number of nitrogens with zero attached hydrogens (tertiary/aromatic N) is 2. The number of cyclic esters (lactones) is 1. The van der Waals surface area contributed by atoms with Crippen LogP contribution >= 0.6 is 0 Å². The van der Waals surface area contributed by atoms with E-state index >= 15 is 0 Å². The number of carbonyl (C=O) groups is 2. The predicted octanol–water partition coefficient (Wildman–Crippen LogP) is -0.774. The number of sulfonamides is 1. The van der Waals surface area contributed by atoms with E-state index in [-0.39, 0.29) is 17.9 Å². The second kappa shape index (κ2) is 6.61. The molecule has 2 rings (SSSR count). The summed E-state index contributed by atoms with van der Waals surface area (Å²) >= 11 is 0. The summed E-state index contributed by atoms with van der Waals surface area (Å²) in [4.78, 5) is 24.8. The second-order valence-corrected chi connectivity index (χ2v) is 7.31. The van der Waals surface area contributed by atoms with Gasteiger partial charge in [0.15, 0.2) is 0 Å². The highest BCUT2D eigenvalue weighted by atomic mass is 32.2. The van der Waals surface area contributed by atoms with E-state index in [2.05, 4.69) is 5.32 Å². The number of carbonyl (C=O) groups excluding carboxylic acids is 2. The molecule has 8 nitrogen and oxygen atoms in total. The molecule has 0 aliphatic carbocycles. The first-order valence-electron chi connectivity index (χ1n) is 7.02. The molecule has 2 saturated heterocycles. The van der Waals surface area contributed by atoms with Gasteiger partial charge in [-0.2, -0.15) is 0 Å². The molecule has 0 radical (unpaired) electrons. The fourth-order valence-electron chi connectivity index (χ4n) is 2.54. The van der Waals surface area contributed by atoms with Crippen molar-refractivity contribution >= 4 is 22.0 Å². The lowest BCUT2D eigenvalue weighted by Gasteiger charge is -2.29. The third kappa shape index (κ3) is 4.31. The largest absolute Gasteiger partial charge is 0.448 e. The maximum absolute atomic E-state index is 12.0. The molecule has 21 heavy (non-hydrogen) atoms. The Morgan fingerprint density at radius 3 is 2.52 bits per heavy atom. The van der Waals surface area contributed by atoms with Crippen molar-refractivity contribution in [1.29, 1.82) is 0 Å². The van der Waals surface area contributed by atoms with Gasteiger partial charge in [0.25, 0.3) is 0 Å². The molecule has 0 spiro atoms. The third-order valence-corrected chi connectivity index (χ3v) is 5.12. The highest BCUT2D eigenvalue weighted by Crippen LogP contribution is 2.19. The minimum absolute atomic E-state index is 0.0734. The molecule has 0 saturated carbocycles. The first kappa shape index (κ1) is 16.0. The van der Waals surface area contributed by atoms with Gasteiger partial charge < -0.3 is 15.0 Å². The smallest absolute Gasteiger partial charge is 0.409 e. The van der Waals surface area contributed by atoms with Crippen LogP contribution in [0.25, 0.3) is 0 Å². The molecule has 1 N–H and O–H groups in total. The molecule has 120 valence electrons. The summed E-state index contributed by atoms with van der Waals surface area (Å²) in [5, 5.41) is 2.80. The van der Waals surface area contributed by atoms with Crippen molar-refractivity contribution in [3.8, 4) is 0 Å². The minimum Gasteiger partial charge on any atom is -0.448 e. The van der Waals surface area contributed by atoms with Gasteiger partial charge in [-0.15, -0.1) is 0 Å². The first-order valence-corrected chi connectivity index (χ1v) is 8.87. The maximum atomic E-state index is 12.0. The van der Waals surface area contributed by atoms with Crippen LogP contribution in [0.3, 0.4) is 0 Å². The van der Waals surface area contributed by atoms with E-state index in [1.807, 2.05) is 0 Å². The van der Waals surface area contributed by atoms with Crippen molar-refractivity contribution in [2.45, 2.75) is 12.8 Å². The van der Waals surface area contributed by atoms with E-state index in [4.69, 9.17) is 4.74 Å². The van der Waals surface area contributed by atoms with Gasteiger partial charge >= 0.3 is 6.09 Å². The van der Waals surface area contributed by atoms with Crippen molar-refractivity contribution in [2.75, 3.05) is 45.6 Å². The summed E-state index contributed by atoms with van der Waals surface area (Å²) in [5.41, 5.74) is 0. The second-order valence-electron chi connectivity index (χ2n) is 5.33. The Labute approximate surface area is 124 Å². The van der Waals surface area contributed by atoms with Crippen molar-refractivity contribution in [3.05, 3.63) is 0 Å². The first-order chi connectivity index (χ1) is 9.88. The van der Waals surface area contributed by atoms with Gasteiger partial charge in [0.1, 0.15) is 6.61 Å². The molecule has 2 heterocycles. The van der Waals surface area contributed by atoms with Crippen LogP contribution in [0.4, 0.5) is 4.79 Å². The van der Waals surface area contributed by atoms with E-state index in [9.17, 15) is 18.0 Å². The van der Waals surface area contributed by atoms with E-state index in [1.165, 1.54) is 10.6 Å². The standard InChI is InChI=1S/C12H21N3O5S/c1-21(18,19)15-5-2-10(3-6-15)11(16)13-4-7-14-8-9-20-12(14)17/h10H,2-9H2,1H3,(H,13,16). The summed E-state index contributed by atoms with van der Waals surface area (Å²) in [7, 11) is -3.17. The summed E-state index contributed by atoms with van der Waals surface area (Å²) in [6.45, 7) is 2.55. The Morgan fingerprint density at radius 1 is 1.33 bits per heavy atom. The van der Waals surface area contributed by atoms with Gasteiger partial charge in [-0.1, -0.05) is 0 Å². The van der Waals surface area contributed by atoms with Crippen LogP contribution in [0.5, 0.6) is 0 Å². The zero-order valence-corrected chi connectivity index (χ0v) is 12.9. The number of piperidine rings is 1. The molecule has 0 aromatic rings. The van der Waals surface area contributed by atoms with Crippen LogP contribution in [0.1, 0.15) is 12.8 Å². The Hall–Kier alpha value is -1.35. The fraction of sp³-hybridized carbons (Fsp3) is 0.833. The minimum atomic E-state index is -3.17. The van der Waals surface area contributed by atoms with Crippen LogP contribution in [-0.4, -0.2) is 75.2 Å². The summed E-state index contributed by atoms with van der Waals surface area (Å²) in [6, 6.07) is 0. The van der Waals surface area contributed by atoms with Gasteiger partial charge in [0.2, 0.25) is 15.9 Å². The molecule has 0 unspecified atom stereocenters. The lowest BCUT2D eigenvalue weighted by molar-refractivity contribution is -0.126. The topological polar surface area (TPSA) is 96.0 Å². The normalized spacial score (nSPS) is 21.4. The lowest BCUT2D eigenvalue weighted by atomic mass is 9.97. The van der Waals surface area contributed by atoms with Gasteiger partial charge in [0, 0.05) is 32.1 Å². The van der Waals surface area contributed by atoms with Crippen LogP contribution in [0.15, 0.2) is 0 Å². The van der Waals surface area contributed by atoms with Crippen molar-refractivity contribution in [2.24, 2.45) is 5.92 Å². The summed E-state index contributed by atoms with van der Waals surface area (Å²) in [5.74, 6) is -0.232. The number of ether oxygens (including phenoxy) is 1.